The molecule has 3 aromatic carbocycles. The number of aromatic hydroxyl groups is 1. The molecule has 8 heteroatoms. The molecule has 3 rings (SSSR count). The third-order valence-electron chi connectivity index (χ3n) is 4.61. The summed E-state index contributed by atoms with van der Waals surface area (Å²) in [6.07, 6.45) is 1.30. The molecular weight excluding hydrogens is 474 g/mol. The van der Waals surface area contributed by atoms with Gasteiger partial charge in [0, 0.05) is 15.6 Å². The molecule has 0 aliphatic heterocycles. The van der Waals surface area contributed by atoms with E-state index in [2.05, 4.69) is 31.8 Å². The van der Waals surface area contributed by atoms with Gasteiger partial charge in [-0.3, -0.25) is 9.59 Å². The predicted molar refractivity (Wildman–Crippen MR) is 126 cm³/mol. The van der Waals surface area contributed by atoms with Crippen LogP contribution in [0.4, 0.5) is 0 Å². The molecule has 0 aromatic heterocycles. The topological polar surface area (TPSA) is 100 Å². The maximum atomic E-state index is 12.6. The molecule has 32 heavy (non-hydrogen) atoms. The molecule has 0 saturated carbocycles. The molecule has 1 atom stereocenters. The fourth-order valence-corrected chi connectivity index (χ4v) is 3.48. The highest BCUT2D eigenvalue weighted by atomic mass is 79.9. The lowest BCUT2D eigenvalue weighted by molar-refractivity contribution is -0.121. The molecule has 164 valence electrons. The van der Waals surface area contributed by atoms with Gasteiger partial charge in [-0.25, -0.2) is 5.43 Å². The number of halogens is 1. The highest BCUT2D eigenvalue weighted by molar-refractivity contribution is 9.10. The molecule has 0 spiro atoms. The number of carbonyl (C=O) groups is 2. The Labute approximate surface area is 194 Å². The number of nitrogens with zero attached hydrogens (tertiary/aromatic N) is 1. The molecule has 2 amide bonds. The molecule has 0 bridgehead atoms. The fraction of sp³-hybridized carbons (Fsp3) is 0.125. The van der Waals surface area contributed by atoms with Crippen LogP contribution in [0, 0.1) is 0 Å². The Hall–Kier alpha value is -3.65. The van der Waals surface area contributed by atoms with Crippen molar-refractivity contribution in [1.82, 2.24) is 10.7 Å². The second-order valence-electron chi connectivity index (χ2n) is 6.85. The molecule has 3 aromatic rings. The van der Waals surface area contributed by atoms with Gasteiger partial charge >= 0.3 is 0 Å². The zero-order valence-electron chi connectivity index (χ0n) is 17.3. The van der Waals surface area contributed by atoms with Crippen molar-refractivity contribution in [3.8, 4) is 11.5 Å². The zero-order chi connectivity index (χ0) is 22.9. The maximum absolute atomic E-state index is 12.6. The third kappa shape index (κ3) is 6.18. The minimum absolute atomic E-state index is 0.0201. The second-order valence-corrected chi connectivity index (χ2v) is 7.76. The number of ether oxygens (including phenoxy) is 1. The van der Waals surface area contributed by atoms with Crippen molar-refractivity contribution in [3.05, 3.63) is 94.0 Å². The van der Waals surface area contributed by atoms with E-state index in [1.807, 2.05) is 36.4 Å². The standard InChI is InChI=1S/C24H22BrN3O4/c1-32-21-13-19(25)12-18(23(21)30)15-26-28-22(29)14-20(16-8-4-2-5-9-16)27-24(31)17-10-6-3-7-11-17/h2-13,15,20,30H,14H2,1H3,(H,27,31)(H,28,29)/b26-15-/t20-/m0/s1. The Morgan fingerprint density at radius 3 is 2.41 bits per heavy atom. The summed E-state index contributed by atoms with van der Waals surface area (Å²) in [6.45, 7) is 0. The van der Waals surface area contributed by atoms with Crippen molar-refractivity contribution in [2.75, 3.05) is 7.11 Å². The van der Waals surface area contributed by atoms with E-state index in [4.69, 9.17) is 4.74 Å². The van der Waals surface area contributed by atoms with Crippen molar-refractivity contribution >= 4 is 34.0 Å². The average Bonchev–Trinajstić information content (AvgIpc) is 2.81. The zero-order valence-corrected chi connectivity index (χ0v) is 18.9. The number of phenolic OH excluding ortho intramolecular Hbond substituents is 1. The van der Waals surface area contributed by atoms with Gasteiger partial charge in [-0.05, 0) is 29.8 Å². The molecule has 0 heterocycles. The number of phenols is 1. The lowest BCUT2D eigenvalue weighted by atomic mass is 10.0. The van der Waals surface area contributed by atoms with Crippen LogP contribution in [0.1, 0.15) is 33.9 Å². The van der Waals surface area contributed by atoms with E-state index in [0.717, 1.165) is 5.56 Å². The van der Waals surface area contributed by atoms with Gasteiger partial charge in [-0.15, -0.1) is 0 Å². The normalized spacial score (nSPS) is 11.7. The monoisotopic (exact) mass is 495 g/mol. The SMILES string of the molecule is COc1cc(Br)cc(/C=N\NC(=O)C[C@H](NC(=O)c2ccccc2)c2ccccc2)c1O. The third-order valence-corrected chi connectivity index (χ3v) is 5.07. The molecule has 3 N–H and O–H groups in total. The number of rotatable bonds is 8. The highest BCUT2D eigenvalue weighted by Crippen LogP contribution is 2.32. The maximum Gasteiger partial charge on any atom is 0.251 e. The first-order valence-corrected chi connectivity index (χ1v) is 10.6. The quantitative estimate of drug-likeness (QED) is 0.322. The number of amides is 2. The fourth-order valence-electron chi connectivity index (χ4n) is 3.02. The largest absolute Gasteiger partial charge is 0.504 e. The van der Waals surface area contributed by atoms with Crippen LogP contribution in [0.15, 0.2) is 82.4 Å². The number of hydrogen-bond acceptors (Lipinski definition) is 5. The number of nitrogens with one attached hydrogen (secondary N) is 2. The summed E-state index contributed by atoms with van der Waals surface area (Å²) in [5, 5.41) is 17.0. The lowest BCUT2D eigenvalue weighted by Gasteiger charge is -2.18. The van der Waals surface area contributed by atoms with Gasteiger partial charge in [0.2, 0.25) is 5.91 Å². The number of carbonyl (C=O) groups excluding carboxylic acids is 2. The molecule has 0 saturated heterocycles. The summed E-state index contributed by atoms with van der Waals surface area (Å²) in [4.78, 5) is 25.2. The number of hydrazone groups is 1. The van der Waals surface area contributed by atoms with Crippen LogP contribution in [-0.4, -0.2) is 30.2 Å². The smallest absolute Gasteiger partial charge is 0.251 e. The van der Waals surface area contributed by atoms with Crippen molar-refractivity contribution in [2.24, 2.45) is 5.10 Å². The minimum Gasteiger partial charge on any atom is -0.504 e. The van der Waals surface area contributed by atoms with E-state index in [1.165, 1.54) is 13.3 Å². The first-order chi connectivity index (χ1) is 15.5. The van der Waals surface area contributed by atoms with E-state index in [9.17, 15) is 14.7 Å². The summed E-state index contributed by atoms with van der Waals surface area (Å²) in [6, 6.07) is 20.8. The Morgan fingerprint density at radius 2 is 1.75 bits per heavy atom. The first-order valence-electron chi connectivity index (χ1n) is 9.77. The molecule has 0 fully saturated rings. The molecular formula is C24H22BrN3O4. The molecule has 7 nitrogen and oxygen atoms in total. The van der Waals surface area contributed by atoms with Gasteiger partial charge in [-0.2, -0.15) is 5.10 Å². The number of hydrogen-bond donors (Lipinski definition) is 3. The van der Waals surface area contributed by atoms with E-state index in [1.54, 1.807) is 36.4 Å². The van der Waals surface area contributed by atoms with Gasteiger partial charge in [0.1, 0.15) is 0 Å². The lowest BCUT2D eigenvalue weighted by Crippen LogP contribution is -2.32. The van der Waals surface area contributed by atoms with Gasteiger partial charge in [0.15, 0.2) is 11.5 Å². The van der Waals surface area contributed by atoms with Gasteiger partial charge in [-0.1, -0.05) is 64.5 Å². The number of benzene rings is 3. The molecule has 0 unspecified atom stereocenters. The van der Waals surface area contributed by atoms with Crippen molar-refractivity contribution < 1.29 is 19.4 Å². The van der Waals surface area contributed by atoms with Crippen LogP contribution in [0.25, 0.3) is 0 Å². The molecule has 0 aliphatic rings. The Balaban J connectivity index is 1.70. The predicted octanol–water partition coefficient (Wildman–Crippen LogP) is 4.17. The summed E-state index contributed by atoms with van der Waals surface area (Å²) in [5.74, 6) is -0.488. The van der Waals surface area contributed by atoms with Crippen molar-refractivity contribution in [1.29, 1.82) is 0 Å². The Bertz CT molecular complexity index is 1100. The Kier molecular flexibility index (Phi) is 7.99. The van der Waals surface area contributed by atoms with Crippen molar-refractivity contribution in [3.63, 3.8) is 0 Å². The summed E-state index contributed by atoms with van der Waals surface area (Å²) >= 11 is 3.33. The number of methoxy groups -OCH3 is 1. The molecule has 0 radical (unpaired) electrons. The molecule has 0 aliphatic carbocycles. The summed E-state index contributed by atoms with van der Waals surface area (Å²) < 4.78 is 5.79. The van der Waals surface area contributed by atoms with Crippen LogP contribution in [0.2, 0.25) is 0 Å². The van der Waals surface area contributed by atoms with Gasteiger partial charge in [0.25, 0.3) is 5.91 Å². The average molecular weight is 496 g/mol. The minimum atomic E-state index is -0.543. The van der Waals surface area contributed by atoms with Crippen molar-refractivity contribution in [2.45, 2.75) is 12.5 Å². The Morgan fingerprint density at radius 1 is 1.09 bits per heavy atom. The second kappa shape index (κ2) is 11.1. The first kappa shape index (κ1) is 23.0. The van der Waals surface area contributed by atoms with Crippen LogP contribution in [0.3, 0.4) is 0 Å². The van der Waals surface area contributed by atoms with E-state index in [0.29, 0.717) is 15.6 Å². The van der Waals surface area contributed by atoms with Crippen LogP contribution in [-0.2, 0) is 4.79 Å². The van der Waals surface area contributed by atoms with Crippen LogP contribution in [0.5, 0.6) is 11.5 Å². The van der Waals surface area contributed by atoms with Crippen LogP contribution >= 0.6 is 15.9 Å². The van der Waals surface area contributed by atoms with E-state index in [-0.39, 0.29) is 23.8 Å². The summed E-state index contributed by atoms with van der Waals surface area (Å²) in [5.41, 5.74) is 4.11. The summed E-state index contributed by atoms with van der Waals surface area (Å²) in [7, 11) is 1.44. The highest BCUT2D eigenvalue weighted by Gasteiger charge is 2.19. The van der Waals surface area contributed by atoms with Gasteiger partial charge in [0.05, 0.1) is 25.8 Å². The van der Waals surface area contributed by atoms with Crippen LogP contribution < -0.4 is 15.5 Å². The van der Waals surface area contributed by atoms with E-state index >= 15 is 0 Å². The van der Waals surface area contributed by atoms with E-state index < -0.39 is 11.9 Å². The van der Waals surface area contributed by atoms with Gasteiger partial charge < -0.3 is 15.2 Å².